The second kappa shape index (κ2) is 18.0. The second-order valence-corrected chi connectivity index (χ2v) is 17.2. The van der Waals surface area contributed by atoms with Crippen LogP contribution in [0.5, 0.6) is 0 Å². The van der Waals surface area contributed by atoms with Gasteiger partial charge in [-0.1, -0.05) is 18.6 Å². The van der Waals surface area contributed by atoms with Crippen LogP contribution in [0.1, 0.15) is 85.7 Å². The first kappa shape index (κ1) is 41.9. The van der Waals surface area contributed by atoms with Gasteiger partial charge in [-0.2, -0.15) is 0 Å². The molecule has 14 nitrogen and oxygen atoms in total. The average Bonchev–Trinajstić information content (AvgIpc) is 3.77. The molecule has 4 amide bonds. The second-order valence-electron chi connectivity index (χ2n) is 16.0. The molecule has 3 aliphatic rings. The van der Waals surface area contributed by atoms with Crippen molar-refractivity contribution in [1.82, 2.24) is 44.5 Å². The Morgan fingerprint density at radius 3 is 2.54 bits per heavy atom. The molecule has 6 heterocycles. The number of piperidine rings is 1. The number of benzene rings is 2. The lowest BCUT2D eigenvalue weighted by molar-refractivity contribution is -0.137. The number of unbranched alkanes of at least 4 members (excludes halogenated alkanes) is 2. The normalized spacial score (nSPS) is 17.1. The summed E-state index contributed by atoms with van der Waals surface area (Å²) in [4.78, 5) is 74.4. The SMILES string of the molecule is Cc1nc2c(F)cc(-c3nc(Nc4ccc(CN5CCN(C(=O)CCCCCSc6cccc7c6CN(C6CCC(=O)NC6=O)C7=O)CC5)cn4)ncc3F)cc2n1C(C)C. The van der Waals surface area contributed by atoms with E-state index in [1.165, 1.54) is 6.07 Å². The minimum absolute atomic E-state index is 0.0317. The predicted octanol–water partition coefficient (Wildman–Crippen LogP) is 6.56. The number of nitrogens with one attached hydrogen (secondary N) is 2. The molecule has 0 spiro atoms. The molecule has 8 rings (SSSR count). The van der Waals surface area contributed by atoms with Crippen LogP contribution in [0.25, 0.3) is 22.3 Å². The zero-order chi connectivity index (χ0) is 42.8. The molecule has 0 saturated carbocycles. The summed E-state index contributed by atoms with van der Waals surface area (Å²) in [6.45, 7) is 9.65. The largest absolute Gasteiger partial charge is 0.340 e. The average molecular weight is 851 g/mol. The van der Waals surface area contributed by atoms with Crippen molar-refractivity contribution in [2.45, 2.75) is 89.4 Å². The first-order chi connectivity index (χ1) is 29.4. The van der Waals surface area contributed by atoms with Crippen LogP contribution in [0.2, 0.25) is 0 Å². The van der Waals surface area contributed by atoms with E-state index in [-0.39, 0.29) is 52.9 Å². The standard InChI is InChI=1S/C44H48F2N10O4S/c1-26(2)56-27(3)49-41-32(45)20-29(21-35(41)56)40-33(46)23-48-44(52-40)50-37-13-11-28(22-47-37)24-53-15-17-54(18-16-53)39(58)10-5-4-6-19-61-36-9-7-8-30-31(36)25-55(43(30)60)34-12-14-38(57)51-42(34)59/h7-9,11,13,20-23,26,34H,4-6,10,12,14-19,24-25H2,1-3H3,(H,51,57,59)(H,47,48,50,52). The highest BCUT2D eigenvalue weighted by molar-refractivity contribution is 7.99. The van der Waals surface area contributed by atoms with Crippen LogP contribution >= 0.6 is 11.8 Å². The molecule has 1 atom stereocenters. The van der Waals surface area contributed by atoms with Crippen LogP contribution in [0.15, 0.2) is 59.8 Å². The molecule has 61 heavy (non-hydrogen) atoms. The maximum absolute atomic E-state index is 15.1. The van der Waals surface area contributed by atoms with E-state index >= 15 is 8.78 Å². The molecular weight excluding hydrogens is 803 g/mol. The summed E-state index contributed by atoms with van der Waals surface area (Å²) in [5.74, 6) is 0.192. The number of fused-ring (bicyclic) bond motifs is 2. The summed E-state index contributed by atoms with van der Waals surface area (Å²) >= 11 is 1.70. The van der Waals surface area contributed by atoms with Gasteiger partial charge in [0.15, 0.2) is 11.6 Å². The maximum Gasteiger partial charge on any atom is 0.255 e. The van der Waals surface area contributed by atoms with E-state index in [0.29, 0.717) is 61.7 Å². The smallest absolute Gasteiger partial charge is 0.255 e. The lowest BCUT2D eigenvalue weighted by Crippen LogP contribution is -2.52. The Labute approximate surface area is 356 Å². The van der Waals surface area contributed by atoms with Crippen LogP contribution in [-0.2, 0) is 27.5 Å². The van der Waals surface area contributed by atoms with Crippen LogP contribution in [0, 0.1) is 18.6 Å². The minimum atomic E-state index is -0.677. The molecule has 318 valence electrons. The van der Waals surface area contributed by atoms with Crippen molar-refractivity contribution in [2.24, 2.45) is 0 Å². The maximum atomic E-state index is 15.1. The van der Waals surface area contributed by atoms with Gasteiger partial charge >= 0.3 is 0 Å². The number of amides is 4. The van der Waals surface area contributed by atoms with Crippen molar-refractivity contribution < 1.29 is 28.0 Å². The zero-order valence-corrected chi connectivity index (χ0v) is 35.2. The molecule has 0 aliphatic carbocycles. The summed E-state index contributed by atoms with van der Waals surface area (Å²) in [5, 5.41) is 5.39. The highest BCUT2D eigenvalue weighted by atomic mass is 32.2. The Morgan fingerprint density at radius 2 is 1.79 bits per heavy atom. The Morgan fingerprint density at radius 1 is 0.967 bits per heavy atom. The molecule has 2 aromatic carbocycles. The number of hydrogen-bond donors (Lipinski definition) is 2. The molecule has 2 saturated heterocycles. The third kappa shape index (κ3) is 9.12. The molecular formula is C44H48F2N10O4S. The van der Waals surface area contributed by atoms with Crippen molar-refractivity contribution in [1.29, 1.82) is 0 Å². The Hall–Kier alpha value is -5.81. The number of halogens is 2. The van der Waals surface area contributed by atoms with Gasteiger partial charge in [-0.15, -0.1) is 11.8 Å². The molecule has 2 fully saturated rings. The number of aryl methyl sites for hydroxylation is 1. The highest BCUT2D eigenvalue weighted by Gasteiger charge is 2.40. The number of piperazine rings is 1. The van der Waals surface area contributed by atoms with Gasteiger partial charge in [0.1, 0.15) is 28.9 Å². The molecule has 5 aromatic rings. The summed E-state index contributed by atoms with van der Waals surface area (Å²) in [6.07, 6.45) is 6.56. The molecule has 2 N–H and O–H groups in total. The van der Waals surface area contributed by atoms with Crippen LogP contribution in [-0.4, -0.2) is 101 Å². The minimum Gasteiger partial charge on any atom is -0.340 e. The van der Waals surface area contributed by atoms with E-state index in [4.69, 9.17) is 0 Å². The first-order valence-electron chi connectivity index (χ1n) is 20.8. The number of nitrogens with zero attached hydrogens (tertiary/aromatic N) is 8. The van der Waals surface area contributed by atoms with E-state index in [1.54, 1.807) is 41.1 Å². The van der Waals surface area contributed by atoms with Crippen LogP contribution < -0.4 is 10.6 Å². The fourth-order valence-electron chi connectivity index (χ4n) is 8.40. The van der Waals surface area contributed by atoms with Crippen LogP contribution in [0.3, 0.4) is 0 Å². The number of pyridine rings is 1. The van der Waals surface area contributed by atoms with Gasteiger partial charge in [0.05, 0.1) is 11.7 Å². The number of rotatable bonds is 14. The number of anilines is 2. The van der Waals surface area contributed by atoms with Gasteiger partial charge in [0.25, 0.3) is 5.91 Å². The number of carbonyl (C=O) groups is 4. The molecule has 17 heteroatoms. The lowest BCUT2D eigenvalue weighted by atomic mass is 10.0. The summed E-state index contributed by atoms with van der Waals surface area (Å²) in [7, 11) is 0. The van der Waals surface area contributed by atoms with Crippen molar-refractivity contribution in [2.75, 3.05) is 37.2 Å². The summed E-state index contributed by atoms with van der Waals surface area (Å²) < 4.78 is 32.1. The van der Waals surface area contributed by atoms with Crippen molar-refractivity contribution in [3.05, 3.63) is 89.0 Å². The molecule has 0 bridgehead atoms. The van der Waals surface area contributed by atoms with E-state index < -0.39 is 23.6 Å². The van der Waals surface area contributed by atoms with Gasteiger partial charge in [-0.05, 0) is 87.2 Å². The predicted molar refractivity (Wildman–Crippen MR) is 227 cm³/mol. The Bertz CT molecular complexity index is 2490. The van der Waals surface area contributed by atoms with Crippen molar-refractivity contribution in [3.63, 3.8) is 0 Å². The third-order valence-electron chi connectivity index (χ3n) is 11.5. The van der Waals surface area contributed by atoms with E-state index in [9.17, 15) is 19.2 Å². The Balaban J connectivity index is 0.758. The van der Waals surface area contributed by atoms with E-state index in [1.807, 2.05) is 48.4 Å². The van der Waals surface area contributed by atoms with Crippen molar-refractivity contribution in [3.8, 4) is 11.3 Å². The zero-order valence-electron chi connectivity index (χ0n) is 34.4. The number of imidazole rings is 1. The highest BCUT2D eigenvalue weighted by Crippen LogP contribution is 2.35. The third-order valence-corrected chi connectivity index (χ3v) is 12.7. The summed E-state index contributed by atoms with van der Waals surface area (Å²) in [5.41, 5.74) is 3.60. The quantitative estimate of drug-likeness (QED) is 0.0709. The number of aromatic nitrogens is 5. The van der Waals surface area contributed by atoms with E-state index in [2.05, 4.69) is 35.5 Å². The van der Waals surface area contributed by atoms with Crippen molar-refractivity contribution >= 4 is 58.2 Å². The molecule has 3 aliphatic heterocycles. The fraction of sp³-hybridized carbons (Fsp3) is 0.409. The van der Waals surface area contributed by atoms with Crippen LogP contribution in [0.4, 0.5) is 20.5 Å². The Kier molecular flexibility index (Phi) is 12.4. The lowest BCUT2D eigenvalue weighted by Gasteiger charge is -2.34. The van der Waals surface area contributed by atoms with Gasteiger partial charge in [0, 0.05) is 80.4 Å². The fourth-order valence-corrected chi connectivity index (χ4v) is 9.49. The first-order valence-corrected chi connectivity index (χ1v) is 21.7. The van der Waals surface area contributed by atoms with Gasteiger partial charge in [-0.25, -0.2) is 28.7 Å². The van der Waals surface area contributed by atoms with E-state index in [0.717, 1.165) is 60.3 Å². The van der Waals surface area contributed by atoms with Gasteiger partial charge < -0.3 is 19.7 Å². The monoisotopic (exact) mass is 850 g/mol. The van der Waals surface area contributed by atoms with Gasteiger partial charge in [-0.3, -0.25) is 29.4 Å². The molecule has 0 radical (unpaired) electrons. The van der Waals surface area contributed by atoms with Gasteiger partial charge in [0.2, 0.25) is 23.7 Å². The summed E-state index contributed by atoms with van der Waals surface area (Å²) in [6, 6.07) is 11.8. The number of hydrogen-bond acceptors (Lipinski definition) is 11. The molecule has 1 unspecified atom stereocenters. The number of imide groups is 1. The molecule has 3 aromatic heterocycles. The topological polar surface area (TPSA) is 159 Å². The number of carbonyl (C=O) groups excluding carboxylic acids is 4. The number of thioether (sulfide) groups is 1.